The van der Waals surface area contributed by atoms with Gasteiger partial charge in [-0.2, -0.15) is 5.10 Å². The first-order valence-corrected chi connectivity index (χ1v) is 10.6. The highest BCUT2D eigenvalue weighted by atomic mass is 19.1. The molecule has 7 heteroatoms. The number of carbonyl (C=O) groups is 2. The molecule has 0 saturated carbocycles. The summed E-state index contributed by atoms with van der Waals surface area (Å²) in [5, 5.41) is 6.26. The zero-order valence-corrected chi connectivity index (χ0v) is 17.6. The average Bonchev–Trinajstić information content (AvgIpc) is 3.20. The number of hydrogen-bond acceptors (Lipinski definition) is 4. The Morgan fingerprint density at radius 3 is 2.42 bits per heavy atom. The van der Waals surface area contributed by atoms with Gasteiger partial charge in [0.1, 0.15) is 5.82 Å². The van der Waals surface area contributed by atoms with Gasteiger partial charge in [-0.1, -0.05) is 36.4 Å². The largest absolute Gasteiger partial charge is 0.369 e. The molecule has 6 nitrogen and oxygen atoms in total. The van der Waals surface area contributed by atoms with E-state index in [4.69, 9.17) is 5.73 Å². The molecule has 1 unspecified atom stereocenters. The summed E-state index contributed by atoms with van der Waals surface area (Å²) >= 11 is 0. The van der Waals surface area contributed by atoms with Gasteiger partial charge < -0.3 is 5.73 Å². The van der Waals surface area contributed by atoms with Crippen LogP contribution in [0.2, 0.25) is 0 Å². The van der Waals surface area contributed by atoms with E-state index in [-0.39, 0.29) is 36.1 Å². The number of nitrogens with two attached hydrogens (primary N) is 1. The molecule has 2 aromatic carbocycles. The van der Waals surface area contributed by atoms with E-state index >= 15 is 0 Å². The van der Waals surface area contributed by atoms with Crippen LogP contribution in [-0.4, -0.2) is 47.1 Å². The Kier molecular flexibility index (Phi) is 6.13. The second-order valence-electron chi connectivity index (χ2n) is 8.32. The predicted molar refractivity (Wildman–Crippen MR) is 117 cm³/mol. The SMILES string of the molecule is Cc1ccccc1C1CC(c2ccc(F)cc2)=NN1C(=O)CN1CCC(C(N)=O)CC1. The zero-order chi connectivity index (χ0) is 22.0. The highest BCUT2D eigenvalue weighted by molar-refractivity contribution is 6.03. The Morgan fingerprint density at radius 2 is 1.77 bits per heavy atom. The lowest BCUT2D eigenvalue weighted by molar-refractivity contribution is -0.134. The highest BCUT2D eigenvalue weighted by Crippen LogP contribution is 2.34. The maximum absolute atomic E-state index is 13.4. The van der Waals surface area contributed by atoms with E-state index in [1.54, 1.807) is 17.1 Å². The number of benzene rings is 2. The van der Waals surface area contributed by atoms with Crippen molar-refractivity contribution in [3.8, 4) is 0 Å². The third-order valence-corrected chi connectivity index (χ3v) is 6.24. The molecule has 2 aromatic rings. The van der Waals surface area contributed by atoms with Crippen LogP contribution in [0.1, 0.15) is 42.0 Å². The van der Waals surface area contributed by atoms with E-state index in [9.17, 15) is 14.0 Å². The van der Waals surface area contributed by atoms with Gasteiger partial charge in [-0.3, -0.25) is 14.5 Å². The summed E-state index contributed by atoms with van der Waals surface area (Å²) in [7, 11) is 0. The number of carbonyl (C=O) groups excluding carboxylic acids is 2. The number of halogens is 1. The first-order valence-electron chi connectivity index (χ1n) is 10.6. The molecule has 2 aliphatic rings. The van der Waals surface area contributed by atoms with Crippen LogP contribution in [0.3, 0.4) is 0 Å². The minimum absolute atomic E-state index is 0.0807. The summed E-state index contributed by atoms with van der Waals surface area (Å²) in [5.74, 6) is -0.757. The van der Waals surface area contributed by atoms with Crippen LogP contribution in [0.5, 0.6) is 0 Å². The number of aryl methyl sites for hydroxylation is 1. The summed E-state index contributed by atoms with van der Waals surface area (Å²) in [4.78, 5) is 26.7. The first-order chi connectivity index (χ1) is 14.9. The Bertz CT molecular complexity index is 997. The number of hydrogen-bond donors (Lipinski definition) is 1. The number of hydrazone groups is 1. The van der Waals surface area contributed by atoms with Gasteiger partial charge in [0.05, 0.1) is 18.3 Å². The van der Waals surface area contributed by atoms with E-state index in [1.807, 2.05) is 31.2 Å². The fourth-order valence-corrected chi connectivity index (χ4v) is 4.40. The van der Waals surface area contributed by atoms with Crippen molar-refractivity contribution in [3.63, 3.8) is 0 Å². The highest BCUT2D eigenvalue weighted by Gasteiger charge is 2.35. The van der Waals surface area contributed by atoms with Gasteiger partial charge in [0, 0.05) is 12.3 Å². The third-order valence-electron chi connectivity index (χ3n) is 6.24. The lowest BCUT2D eigenvalue weighted by atomic mass is 9.95. The molecule has 0 bridgehead atoms. The summed E-state index contributed by atoms with van der Waals surface area (Å²) in [6.07, 6.45) is 1.92. The number of amides is 2. The van der Waals surface area contributed by atoms with Crippen LogP contribution >= 0.6 is 0 Å². The standard InChI is InChI=1S/C24H27FN4O2/c1-16-4-2-3-5-20(16)22-14-21(17-6-8-19(25)9-7-17)27-29(22)23(30)15-28-12-10-18(11-13-28)24(26)31/h2-9,18,22H,10-15H2,1H3,(H2,26,31). The molecule has 0 spiro atoms. The van der Waals surface area contributed by atoms with Crippen LogP contribution < -0.4 is 5.73 Å². The maximum atomic E-state index is 13.4. The van der Waals surface area contributed by atoms with Crippen molar-refractivity contribution >= 4 is 17.5 Å². The zero-order valence-electron chi connectivity index (χ0n) is 17.6. The van der Waals surface area contributed by atoms with Gasteiger partial charge in [0.25, 0.3) is 5.91 Å². The quantitative estimate of drug-likeness (QED) is 0.805. The molecule has 2 heterocycles. The summed E-state index contributed by atoms with van der Waals surface area (Å²) in [6, 6.07) is 14.0. The van der Waals surface area contributed by atoms with Gasteiger partial charge in [-0.25, -0.2) is 9.40 Å². The fraction of sp³-hybridized carbons (Fsp3) is 0.375. The van der Waals surface area contributed by atoms with Crippen LogP contribution in [-0.2, 0) is 9.59 Å². The molecule has 1 fully saturated rings. The Balaban J connectivity index is 1.55. The summed E-state index contributed by atoms with van der Waals surface area (Å²) in [5.41, 5.74) is 9.17. The number of rotatable bonds is 5. The molecular weight excluding hydrogens is 395 g/mol. The van der Waals surface area contributed by atoms with Gasteiger partial charge in [-0.05, 0) is 61.7 Å². The van der Waals surface area contributed by atoms with Crippen molar-refractivity contribution < 1.29 is 14.0 Å². The Hall–Kier alpha value is -3.06. The molecule has 2 N–H and O–H groups in total. The topological polar surface area (TPSA) is 79.0 Å². The first kappa shape index (κ1) is 21.2. The Labute approximate surface area is 181 Å². The molecule has 2 amide bonds. The molecule has 4 rings (SSSR count). The molecule has 162 valence electrons. The number of nitrogens with zero attached hydrogens (tertiary/aromatic N) is 3. The van der Waals surface area contributed by atoms with Crippen molar-refractivity contribution in [1.29, 1.82) is 0 Å². The van der Waals surface area contributed by atoms with Crippen LogP contribution in [0.25, 0.3) is 0 Å². The summed E-state index contributed by atoms with van der Waals surface area (Å²) in [6.45, 7) is 3.60. The number of primary amides is 1. The van der Waals surface area contributed by atoms with E-state index < -0.39 is 0 Å². The van der Waals surface area contributed by atoms with E-state index in [1.165, 1.54) is 12.1 Å². The molecule has 0 aromatic heterocycles. The monoisotopic (exact) mass is 422 g/mol. The van der Waals surface area contributed by atoms with Crippen LogP contribution in [0, 0.1) is 18.7 Å². The van der Waals surface area contributed by atoms with Crippen molar-refractivity contribution in [2.45, 2.75) is 32.2 Å². The molecule has 31 heavy (non-hydrogen) atoms. The molecule has 2 aliphatic heterocycles. The van der Waals surface area contributed by atoms with Crippen LogP contribution in [0.15, 0.2) is 53.6 Å². The molecule has 1 atom stereocenters. The molecule has 1 saturated heterocycles. The normalized spacial score (nSPS) is 20.0. The minimum atomic E-state index is -0.301. The lowest BCUT2D eigenvalue weighted by Crippen LogP contribution is -2.44. The van der Waals surface area contributed by atoms with Crippen molar-refractivity contribution in [2.75, 3.05) is 19.6 Å². The summed E-state index contributed by atoms with van der Waals surface area (Å²) < 4.78 is 13.4. The van der Waals surface area contributed by atoms with Gasteiger partial charge in [0.15, 0.2) is 0 Å². The Morgan fingerprint density at radius 1 is 1.10 bits per heavy atom. The average molecular weight is 423 g/mol. The van der Waals surface area contributed by atoms with Gasteiger partial charge in [0.2, 0.25) is 5.91 Å². The van der Waals surface area contributed by atoms with E-state index in [0.29, 0.717) is 32.4 Å². The third kappa shape index (κ3) is 4.66. The minimum Gasteiger partial charge on any atom is -0.369 e. The predicted octanol–water partition coefficient (Wildman–Crippen LogP) is 3.01. The number of piperidine rings is 1. The van der Waals surface area contributed by atoms with Crippen molar-refractivity contribution in [1.82, 2.24) is 9.91 Å². The second-order valence-corrected chi connectivity index (χ2v) is 8.32. The maximum Gasteiger partial charge on any atom is 0.257 e. The molecular formula is C24H27FN4O2. The number of likely N-dealkylation sites (tertiary alicyclic amines) is 1. The lowest BCUT2D eigenvalue weighted by Gasteiger charge is -2.31. The molecule has 0 radical (unpaired) electrons. The van der Waals surface area contributed by atoms with E-state index in [2.05, 4.69) is 10.0 Å². The smallest absolute Gasteiger partial charge is 0.257 e. The van der Waals surface area contributed by atoms with Gasteiger partial charge >= 0.3 is 0 Å². The molecule has 0 aliphatic carbocycles. The fourth-order valence-electron chi connectivity index (χ4n) is 4.40. The van der Waals surface area contributed by atoms with Gasteiger partial charge in [-0.15, -0.1) is 0 Å². The van der Waals surface area contributed by atoms with Crippen molar-refractivity contribution in [2.24, 2.45) is 16.8 Å². The second kappa shape index (κ2) is 8.98. The van der Waals surface area contributed by atoms with E-state index in [0.717, 1.165) is 22.4 Å². The van der Waals surface area contributed by atoms with Crippen molar-refractivity contribution in [3.05, 3.63) is 71.0 Å². The van der Waals surface area contributed by atoms with Crippen LogP contribution in [0.4, 0.5) is 4.39 Å².